The van der Waals surface area contributed by atoms with Gasteiger partial charge in [-0.15, -0.1) is 0 Å². The molecule has 1 aromatic heterocycles. The zero-order valence-corrected chi connectivity index (χ0v) is 17.7. The van der Waals surface area contributed by atoms with Gasteiger partial charge in [-0.25, -0.2) is 9.13 Å². The highest BCUT2D eigenvalue weighted by Gasteiger charge is 2.36. The molecule has 1 saturated heterocycles. The van der Waals surface area contributed by atoms with Gasteiger partial charge in [0.1, 0.15) is 24.1 Å². The standard InChI is InChI=1S/C19H22BrN3O3.ClH/c1-3-17-14(11-26-19(17)24)8-16-9-23(12-22(16)2)10-18(21-25)13-4-6-15(20)7-5-13;/h4-7,9,12,14,17H,3,8,10-11H2,1-2H3;1H/b21-18+;. The number of imidazole rings is 1. The molecule has 146 valence electrons. The van der Waals surface area contributed by atoms with Crippen molar-refractivity contribution < 1.29 is 31.7 Å². The van der Waals surface area contributed by atoms with E-state index in [2.05, 4.69) is 21.1 Å². The topological polar surface area (TPSA) is 67.7 Å². The number of esters is 1. The molecular weight excluding hydrogens is 434 g/mol. The molecule has 8 heteroatoms. The Morgan fingerprint density at radius 2 is 2.11 bits per heavy atom. The first kappa shape index (κ1) is 21.4. The van der Waals surface area contributed by atoms with Gasteiger partial charge < -0.3 is 22.4 Å². The normalized spacial score (nSPS) is 19.7. The second-order valence-electron chi connectivity index (χ2n) is 6.68. The summed E-state index contributed by atoms with van der Waals surface area (Å²) in [5.41, 5.74) is 2.58. The van der Waals surface area contributed by atoms with Crippen LogP contribution in [-0.4, -0.2) is 28.1 Å². The van der Waals surface area contributed by atoms with Crippen LogP contribution in [0.1, 0.15) is 24.6 Å². The van der Waals surface area contributed by atoms with Crippen molar-refractivity contribution in [2.75, 3.05) is 6.61 Å². The maximum atomic E-state index is 11.8. The fraction of sp³-hybridized carbons (Fsp3) is 0.421. The fourth-order valence-corrected chi connectivity index (χ4v) is 3.73. The van der Waals surface area contributed by atoms with Gasteiger partial charge in [-0.2, -0.15) is 0 Å². The number of nitrogens with zero attached hydrogens (tertiary/aromatic N) is 3. The Morgan fingerprint density at radius 3 is 2.74 bits per heavy atom. The lowest BCUT2D eigenvalue weighted by Gasteiger charge is -2.10. The molecule has 0 saturated carbocycles. The molecule has 2 atom stereocenters. The lowest BCUT2D eigenvalue weighted by atomic mass is 9.89. The quantitative estimate of drug-likeness (QED) is 0.213. The predicted octanol–water partition coefficient (Wildman–Crippen LogP) is -0.301. The van der Waals surface area contributed by atoms with Crippen LogP contribution in [0.5, 0.6) is 0 Å². The number of cyclic esters (lactones) is 1. The van der Waals surface area contributed by atoms with Gasteiger partial charge >= 0.3 is 5.97 Å². The smallest absolute Gasteiger partial charge is 0.309 e. The van der Waals surface area contributed by atoms with E-state index >= 15 is 0 Å². The maximum Gasteiger partial charge on any atom is 0.309 e. The third kappa shape index (κ3) is 4.90. The summed E-state index contributed by atoms with van der Waals surface area (Å²) in [5.74, 6) is 0.118. The van der Waals surface area contributed by atoms with Crippen molar-refractivity contribution in [3.63, 3.8) is 0 Å². The molecule has 1 fully saturated rings. The molecule has 1 N–H and O–H groups in total. The van der Waals surface area contributed by atoms with E-state index in [0.717, 1.165) is 28.6 Å². The number of halogens is 2. The van der Waals surface area contributed by atoms with Gasteiger partial charge in [0.25, 0.3) is 0 Å². The number of aromatic nitrogens is 2. The first-order chi connectivity index (χ1) is 12.5. The number of ether oxygens (including phenoxy) is 1. The van der Waals surface area contributed by atoms with E-state index in [-0.39, 0.29) is 30.2 Å². The molecule has 6 nitrogen and oxygen atoms in total. The molecule has 2 aromatic rings. The molecule has 2 heterocycles. The van der Waals surface area contributed by atoms with Gasteiger partial charge in [0.05, 0.1) is 19.6 Å². The maximum absolute atomic E-state index is 11.8. The van der Waals surface area contributed by atoms with Crippen LogP contribution in [0.4, 0.5) is 0 Å². The minimum atomic E-state index is -0.0791. The zero-order valence-electron chi connectivity index (χ0n) is 15.3. The molecule has 1 aromatic carbocycles. The molecule has 1 aliphatic rings. The largest absolute Gasteiger partial charge is 1.00 e. The first-order valence-electron chi connectivity index (χ1n) is 8.69. The van der Waals surface area contributed by atoms with Crippen molar-refractivity contribution in [2.45, 2.75) is 26.3 Å². The van der Waals surface area contributed by atoms with E-state index < -0.39 is 0 Å². The highest BCUT2D eigenvalue weighted by molar-refractivity contribution is 9.10. The molecule has 27 heavy (non-hydrogen) atoms. The van der Waals surface area contributed by atoms with E-state index in [1.165, 1.54) is 0 Å². The summed E-state index contributed by atoms with van der Waals surface area (Å²) in [5, 5.41) is 12.9. The van der Waals surface area contributed by atoms with Crippen molar-refractivity contribution in [3.05, 3.63) is 52.5 Å². The highest BCUT2D eigenvalue weighted by atomic mass is 79.9. The van der Waals surface area contributed by atoms with Crippen molar-refractivity contribution >= 4 is 27.6 Å². The number of oxime groups is 1. The summed E-state index contributed by atoms with van der Waals surface area (Å²) in [6, 6.07) is 7.67. The third-order valence-electron chi connectivity index (χ3n) is 4.94. The number of rotatable bonds is 6. The molecule has 1 aliphatic heterocycles. The number of benzene rings is 1. The van der Waals surface area contributed by atoms with E-state index in [1.54, 1.807) is 0 Å². The average Bonchev–Trinajstić information content (AvgIpc) is 3.16. The lowest BCUT2D eigenvalue weighted by Crippen LogP contribution is -3.00. The van der Waals surface area contributed by atoms with Crippen LogP contribution in [0.2, 0.25) is 0 Å². The molecule has 0 amide bonds. The van der Waals surface area contributed by atoms with Gasteiger partial charge in [-0.3, -0.25) is 4.79 Å². The van der Waals surface area contributed by atoms with Gasteiger partial charge in [-0.05, 0) is 18.6 Å². The van der Waals surface area contributed by atoms with Crippen LogP contribution in [0.25, 0.3) is 0 Å². The van der Waals surface area contributed by atoms with Crippen LogP contribution in [0.15, 0.2) is 46.4 Å². The van der Waals surface area contributed by atoms with Crippen molar-refractivity contribution in [3.8, 4) is 0 Å². The van der Waals surface area contributed by atoms with Crippen molar-refractivity contribution in [2.24, 2.45) is 24.0 Å². The van der Waals surface area contributed by atoms with Crippen LogP contribution in [0, 0.1) is 11.8 Å². The minimum Gasteiger partial charge on any atom is -1.00 e. The summed E-state index contributed by atoms with van der Waals surface area (Å²) in [7, 11) is 1.99. The Labute approximate surface area is 173 Å². The second-order valence-corrected chi connectivity index (χ2v) is 7.60. The molecular formula is C19H23BrClN3O3. The Kier molecular flexibility index (Phi) is 7.44. The Morgan fingerprint density at radius 1 is 1.41 bits per heavy atom. The molecule has 3 rings (SSSR count). The second kappa shape index (κ2) is 9.37. The van der Waals surface area contributed by atoms with Gasteiger partial charge in [0.2, 0.25) is 6.33 Å². The summed E-state index contributed by atoms with van der Waals surface area (Å²) < 4.78 is 10.2. The summed E-state index contributed by atoms with van der Waals surface area (Å²) in [6.45, 7) is 2.98. The van der Waals surface area contributed by atoms with E-state index in [4.69, 9.17) is 4.74 Å². The van der Waals surface area contributed by atoms with Crippen LogP contribution < -0.4 is 17.0 Å². The van der Waals surface area contributed by atoms with Crippen LogP contribution in [0.3, 0.4) is 0 Å². The van der Waals surface area contributed by atoms with E-state index in [0.29, 0.717) is 18.9 Å². The SMILES string of the molecule is CCC1C(=O)OCC1Cc1c[n+](C/C(=N\O)c2ccc(Br)cc2)cn1C.[Cl-]. The molecule has 0 spiro atoms. The van der Waals surface area contributed by atoms with Crippen LogP contribution >= 0.6 is 15.9 Å². The van der Waals surface area contributed by atoms with Gasteiger partial charge in [-0.1, -0.05) is 40.1 Å². The van der Waals surface area contributed by atoms with Crippen molar-refractivity contribution in [1.82, 2.24) is 4.57 Å². The number of hydrogen-bond donors (Lipinski definition) is 1. The van der Waals surface area contributed by atoms with Gasteiger partial charge in [0, 0.05) is 22.4 Å². The van der Waals surface area contributed by atoms with E-state index in [9.17, 15) is 10.0 Å². The highest BCUT2D eigenvalue weighted by Crippen LogP contribution is 2.27. The molecule has 0 aliphatic carbocycles. The van der Waals surface area contributed by atoms with Crippen LogP contribution in [-0.2, 0) is 29.5 Å². The Bertz CT molecular complexity index is 820. The average molecular weight is 457 g/mol. The van der Waals surface area contributed by atoms with E-state index in [1.807, 2.05) is 59.9 Å². The summed E-state index contributed by atoms with van der Waals surface area (Å²) >= 11 is 3.41. The summed E-state index contributed by atoms with van der Waals surface area (Å²) in [6.07, 6.45) is 5.61. The molecule has 2 unspecified atom stereocenters. The minimum absolute atomic E-state index is 0. The number of hydrogen-bond acceptors (Lipinski definition) is 4. The molecule has 0 radical (unpaired) electrons. The Balaban J connectivity index is 0.00000261. The number of carbonyl (C=O) groups excluding carboxylic acids is 1. The lowest BCUT2D eigenvalue weighted by molar-refractivity contribution is -0.681. The monoisotopic (exact) mass is 455 g/mol. The predicted molar refractivity (Wildman–Crippen MR) is 100 cm³/mol. The zero-order chi connectivity index (χ0) is 18.7. The fourth-order valence-electron chi connectivity index (χ4n) is 3.47. The molecule has 0 bridgehead atoms. The number of aryl methyl sites for hydroxylation is 1. The number of carbonyl (C=O) groups is 1. The Hall–Kier alpha value is -1.86. The third-order valence-corrected chi connectivity index (χ3v) is 5.47. The summed E-state index contributed by atoms with van der Waals surface area (Å²) in [4.78, 5) is 11.8. The van der Waals surface area contributed by atoms with Gasteiger partial charge in [0.15, 0.2) is 0 Å². The first-order valence-corrected chi connectivity index (χ1v) is 9.49. The van der Waals surface area contributed by atoms with Crippen molar-refractivity contribution in [1.29, 1.82) is 0 Å².